The third-order valence-corrected chi connectivity index (χ3v) is 2.78. The van der Waals surface area contributed by atoms with Crippen molar-refractivity contribution < 1.29 is 0 Å². The molecular formula is C13H14ClN. The fourth-order valence-electron chi connectivity index (χ4n) is 1.79. The number of hydrogen-bond acceptors (Lipinski definition) is 1. The van der Waals surface area contributed by atoms with Crippen molar-refractivity contribution in [2.45, 2.75) is 19.4 Å². The predicted octanol–water partition coefficient (Wildman–Crippen LogP) is 3.38. The third-order valence-electron chi connectivity index (χ3n) is 2.45. The van der Waals surface area contributed by atoms with Gasteiger partial charge in [-0.1, -0.05) is 41.9 Å². The molecular weight excluding hydrogens is 206 g/mol. The first-order valence-corrected chi connectivity index (χ1v) is 5.47. The highest BCUT2D eigenvalue weighted by Gasteiger charge is 2.01. The Kier molecular flexibility index (Phi) is 2.94. The monoisotopic (exact) mass is 219 g/mol. The summed E-state index contributed by atoms with van der Waals surface area (Å²) in [6.07, 6.45) is 0.905. The van der Waals surface area contributed by atoms with Gasteiger partial charge >= 0.3 is 0 Å². The summed E-state index contributed by atoms with van der Waals surface area (Å²) >= 11 is 6.09. The molecule has 0 aliphatic carbocycles. The first-order chi connectivity index (χ1) is 7.16. The van der Waals surface area contributed by atoms with E-state index in [0.717, 1.165) is 16.8 Å². The number of fused-ring (bicyclic) bond motifs is 1. The van der Waals surface area contributed by atoms with Crippen molar-refractivity contribution in [3.8, 4) is 0 Å². The molecule has 2 aromatic rings. The Labute approximate surface area is 94.9 Å². The molecule has 0 aliphatic heterocycles. The van der Waals surface area contributed by atoms with Gasteiger partial charge in [0, 0.05) is 16.5 Å². The van der Waals surface area contributed by atoms with Gasteiger partial charge in [0.1, 0.15) is 0 Å². The molecule has 2 N–H and O–H groups in total. The second kappa shape index (κ2) is 4.21. The second-order valence-corrected chi connectivity index (χ2v) is 4.38. The molecule has 78 valence electrons. The molecule has 1 nitrogen and oxygen atoms in total. The fraction of sp³-hybridized carbons (Fsp3) is 0.231. The van der Waals surface area contributed by atoms with Crippen molar-refractivity contribution in [1.82, 2.24) is 0 Å². The summed E-state index contributed by atoms with van der Waals surface area (Å²) in [5.74, 6) is 0. The topological polar surface area (TPSA) is 26.0 Å². The highest BCUT2D eigenvalue weighted by Crippen LogP contribution is 2.24. The van der Waals surface area contributed by atoms with Gasteiger partial charge in [0.15, 0.2) is 0 Å². The average molecular weight is 220 g/mol. The van der Waals surface area contributed by atoms with Crippen molar-refractivity contribution in [2.75, 3.05) is 0 Å². The smallest absolute Gasteiger partial charge is 0.0484 e. The van der Waals surface area contributed by atoms with Crippen LogP contribution in [0.5, 0.6) is 0 Å². The molecule has 2 rings (SSSR count). The molecule has 0 aliphatic rings. The molecule has 1 atom stereocenters. The lowest BCUT2D eigenvalue weighted by molar-refractivity contribution is 0.739. The minimum atomic E-state index is 0.196. The van der Waals surface area contributed by atoms with Gasteiger partial charge in [0.2, 0.25) is 0 Å². The van der Waals surface area contributed by atoms with Crippen LogP contribution in [0, 0.1) is 0 Å². The molecule has 15 heavy (non-hydrogen) atoms. The van der Waals surface area contributed by atoms with Gasteiger partial charge in [0.05, 0.1) is 0 Å². The van der Waals surface area contributed by atoms with E-state index in [4.69, 9.17) is 17.3 Å². The lowest BCUT2D eigenvalue weighted by atomic mass is 10.0. The highest BCUT2D eigenvalue weighted by atomic mass is 35.5. The molecule has 0 fully saturated rings. The lowest BCUT2D eigenvalue weighted by Crippen LogP contribution is -2.17. The highest BCUT2D eigenvalue weighted by molar-refractivity contribution is 6.35. The quantitative estimate of drug-likeness (QED) is 0.824. The van der Waals surface area contributed by atoms with Crippen LogP contribution in [0.25, 0.3) is 10.8 Å². The zero-order valence-corrected chi connectivity index (χ0v) is 9.46. The summed E-state index contributed by atoms with van der Waals surface area (Å²) in [4.78, 5) is 0. The van der Waals surface area contributed by atoms with Gasteiger partial charge in [-0.2, -0.15) is 0 Å². The zero-order chi connectivity index (χ0) is 10.8. The van der Waals surface area contributed by atoms with Crippen molar-refractivity contribution >= 4 is 22.4 Å². The van der Waals surface area contributed by atoms with E-state index in [-0.39, 0.29) is 6.04 Å². The summed E-state index contributed by atoms with van der Waals surface area (Å²) in [5, 5.41) is 3.09. The Hall–Kier alpha value is -1.05. The maximum Gasteiger partial charge on any atom is 0.0484 e. The first kappa shape index (κ1) is 10.5. The van der Waals surface area contributed by atoms with E-state index >= 15 is 0 Å². The van der Waals surface area contributed by atoms with Crippen molar-refractivity contribution in [3.63, 3.8) is 0 Å². The van der Waals surface area contributed by atoms with E-state index in [0.29, 0.717) is 0 Å². The normalized spacial score (nSPS) is 13.0. The molecule has 0 spiro atoms. The van der Waals surface area contributed by atoms with E-state index in [2.05, 4.69) is 24.3 Å². The van der Waals surface area contributed by atoms with Gasteiger partial charge in [-0.25, -0.2) is 0 Å². The SMILES string of the molecule is CC(N)Cc1ccc2c(Cl)cccc2c1. The van der Waals surface area contributed by atoms with Crippen molar-refractivity contribution in [3.05, 3.63) is 47.0 Å². The summed E-state index contributed by atoms with van der Waals surface area (Å²) in [5.41, 5.74) is 7.04. The van der Waals surface area contributed by atoms with Crippen LogP contribution >= 0.6 is 11.6 Å². The third kappa shape index (κ3) is 2.31. The molecule has 0 saturated heterocycles. The van der Waals surface area contributed by atoms with Gasteiger partial charge in [-0.05, 0) is 30.4 Å². The van der Waals surface area contributed by atoms with Crippen LogP contribution in [0.1, 0.15) is 12.5 Å². The molecule has 1 unspecified atom stereocenters. The molecule has 0 saturated carbocycles. The van der Waals surface area contributed by atoms with Crippen molar-refractivity contribution in [1.29, 1.82) is 0 Å². The molecule has 0 heterocycles. The van der Waals surface area contributed by atoms with Crippen LogP contribution in [-0.2, 0) is 6.42 Å². The van der Waals surface area contributed by atoms with Gasteiger partial charge in [0.25, 0.3) is 0 Å². The number of halogens is 1. The van der Waals surface area contributed by atoms with E-state index < -0.39 is 0 Å². The number of hydrogen-bond donors (Lipinski definition) is 1. The van der Waals surface area contributed by atoms with Gasteiger partial charge in [-0.15, -0.1) is 0 Å². The Bertz CT molecular complexity index is 477. The molecule has 2 heteroatoms. The van der Waals surface area contributed by atoms with Crippen LogP contribution < -0.4 is 5.73 Å². The molecule has 0 radical (unpaired) electrons. The minimum Gasteiger partial charge on any atom is -0.328 e. The number of rotatable bonds is 2. The van der Waals surface area contributed by atoms with Gasteiger partial charge in [-0.3, -0.25) is 0 Å². The Morgan fingerprint density at radius 1 is 1.27 bits per heavy atom. The Morgan fingerprint density at radius 3 is 2.80 bits per heavy atom. The predicted molar refractivity (Wildman–Crippen MR) is 66.3 cm³/mol. The zero-order valence-electron chi connectivity index (χ0n) is 8.70. The van der Waals surface area contributed by atoms with Crippen LogP contribution in [0.4, 0.5) is 0 Å². The van der Waals surface area contributed by atoms with Crippen LogP contribution in [0.3, 0.4) is 0 Å². The fourth-order valence-corrected chi connectivity index (χ4v) is 2.04. The van der Waals surface area contributed by atoms with Crippen molar-refractivity contribution in [2.24, 2.45) is 5.73 Å². The van der Waals surface area contributed by atoms with E-state index in [1.165, 1.54) is 10.9 Å². The number of benzene rings is 2. The second-order valence-electron chi connectivity index (χ2n) is 3.98. The summed E-state index contributed by atoms with van der Waals surface area (Å²) in [7, 11) is 0. The van der Waals surface area contributed by atoms with Crippen LogP contribution in [-0.4, -0.2) is 6.04 Å². The maximum absolute atomic E-state index is 6.09. The lowest BCUT2D eigenvalue weighted by Gasteiger charge is -2.07. The largest absolute Gasteiger partial charge is 0.328 e. The first-order valence-electron chi connectivity index (χ1n) is 5.09. The number of nitrogens with two attached hydrogens (primary N) is 1. The van der Waals surface area contributed by atoms with E-state index in [1.807, 2.05) is 19.1 Å². The molecule has 0 aromatic heterocycles. The van der Waals surface area contributed by atoms with Crippen LogP contribution in [0.15, 0.2) is 36.4 Å². The molecule has 0 amide bonds. The maximum atomic E-state index is 6.09. The summed E-state index contributed by atoms with van der Waals surface area (Å²) in [6.45, 7) is 2.02. The standard InChI is InChI=1S/C13H14ClN/c1-9(15)7-10-5-6-12-11(8-10)3-2-4-13(12)14/h2-6,8-9H,7,15H2,1H3. The van der Waals surface area contributed by atoms with Gasteiger partial charge < -0.3 is 5.73 Å². The van der Waals surface area contributed by atoms with Crippen LogP contribution in [0.2, 0.25) is 5.02 Å². The van der Waals surface area contributed by atoms with E-state index in [9.17, 15) is 0 Å². The summed E-state index contributed by atoms with van der Waals surface area (Å²) in [6, 6.07) is 12.5. The molecule has 2 aromatic carbocycles. The minimum absolute atomic E-state index is 0.196. The molecule has 0 bridgehead atoms. The Morgan fingerprint density at radius 2 is 2.07 bits per heavy atom. The Balaban J connectivity index is 2.48. The summed E-state index contributed by atoms with van der Waals surface area (Å²) < 4.78 is 0. The average Bonchev–Trinajstić information content (AvgIpc) is 2.17. The van der Waals surface area contributed by atoms with E-state index in [1.54, 1.807) is 0 Å².